The molecule has 0 N–H and O–H groups in total. The lowest BCUT2D eigenvalue weighted by atomic mass is 10.1. The molecule has 0 aliphatic carbocycles. The quantitative estimate of drug-likeness (QED) is 0.834. The normalized spacial score (nSPS) is 16.6. The molecule has 0 radical (unpaired) electrons. The van der Waals surface area contributed by atoms with Crippen molar-refractivity contribution in [1.82, 2.24) is 4.90 Å². The standard InChI is InChI=1S/C16H24N2O3S/c1-4-15(16(19)17-10-5-6-11-17)18(22(3,20)21)14-9-7-8-13(2)12-14/h7-9,12,15H,4-6,10-11H2,1-3H3. The Hall–Kier alpha value is -1.56. The molecule has 1 atom stereocenters. The Morgan fingerprint density at radius 2 is 1.95 bits per heavy atom. The van der Waals surface area contributed by atoms with Crippen molar-refractivity contribution in [2.75, 3.05) is 23.7 Å². The number of carbonyl (C=O) groups excluding carboxylic acids is 1. The Kier molecular flexibility index (Phi) is 5.11. The van der Waals surface area contributed by atoms with Crippen LogP contribution in [0, 0.1) is 6.92 Å². The first kappa shape index (κ1) is 16.8. The lowest BCUT2D eigenvalue weighted by Gasteiger charge is -2.32. The van der Waals surface area contributed by atoms with Crippen molar-refractivity contribution >= 4 is 21.6 Å². The molecular weight excluding hydrogens is 300 g/mol. The summed E-state index contributed by atoms with van der Waals surface area (Å²) in [5, 5.41) is 0. The van der Waals surface area contributed by atoms with Crippen LogP contribution in [0.5, 0.6) is 0 Å². The van der Waals surface area contributed by atoms with Gasteiger partial charge in [-0.25, -0.2) is 8.42 Å². The first-order valence-corrected chi connectivity index (χ1v) is 9.54. The second kappa shape index (κ2) is 6.69. The fourth-order valence-electron chi connectivity index (χ4n) is 2.96. The van der Waals surface area contributed by atoms with Crippen LogP contribution in [0.25, 0.3) is 0 Å². The minimum Gasteiger partial charge on any atom is -0.341 e. The van der Waals surface area contributed by atoms with E-state index in [1.54, 1.807) is 17.0 Å². The molecule has 6 heteroatoms. The summed E-state index contributed by atoms with van der Waals surface area (Å²) in [6, 6.07) is 6.60. The summed E-state index contributed by atoms with van der Waals surface area (Å²) in [7, 11) is -3.53. The van der Waals surface area contributed by atoms with Crippen LogP contribution in [-0.2, 0) is 14.8 Å². The van der Waals surface area contributed by atoms with Crippen LogP contribution in [0.4, 0.5) is 5.69 Å². The lowest BCUT2D eigenvalue weighted by Crippen LogP contribution is -2.50. The van der Waals surface area contributed by atoms with Crippen molar-refractivity contribution in [2.24, 2.45) is 0 Å². The summed E-state index contributed by atoms with van der Waals surface area (Å²) in [5.41, 5.74) is 1.52. The van der Waals surface area contributed by atoms with E-state index in [0.29, 0.717) is 12.1 Å². The monoisotopic (exact) mass is 324 g/mol. The molecule has 1 aliphatic rings. The minimum absolute atomic E-state index is 0.0908. The molecule has 1 aromatic carbocycles. The fourth-order valence-corrected chi connectivity index (χ4v) is 4.15. The van der Waals surface area contributed by atoms with Gasteiger partial charge in [0, 0.05) is 13.1 Å². The molecule has 1 heterocycles. The molecule has 1 amide bonds. The maximum Gasteiger partial charge on any atom is 0.246 e. The van der Waals surface area contributed by atoms with Gasteiger partial charge in [0.05, 0.1) is 11.9 Å². The zero-order valence-electron chi connectivity index (χ0n) is 13.4. The van der Waals surface area contributed by atoms with Crippen molar-refractivity contribution in [3.8, 4) is 0 Å². The first-order chi connectivity index (χ1) is 10.3. The molecule has 0 spiro atoms. The third-order valence-corrected chi connectivity index (χ3v) is 5.17. The van der Waals surface area contributed by atoms with Crippen LogP contribution in [0.3, 0.4) is 0 Å². The maximum absolute atomic E-state index is 12.7. The topological polar surface area (TPSA) is 57.7 Å². The number of amides is 1. The summed E-state index contributed by atoms with van der Waals surface area (Å²) >= 11 is 0. The fraction of sp³-hybridized carbons (Fsp3) is 0.562. The molecular formula is C16H24N2O3S. The van der Waals surface area contributed by atoms with E-state index in [0.717, 1.165) is 37.8 Å². The highest BCUT2D eigenvalue weighted by molar-refractivity contribution is 7.92. The van der Waals surface area contributed by atoms with Gasteiger partial charge in [-0.05, 0) is 43.9 Å². The van der Waals surface area contributed by atoms with Crippen LogP contribution in [0.1, 0.15) is 31.7 Å². The average molecular weight is 324 g/mol. The van der Waals surface area contributed by atoms with E-state index in [-0.39, 0.29) is 5.91 Å². The molecule has 122 valence electrons. The number of anilines is 1. The zero-order chi connectivity index (χ0) is 16.3. The largest absolute Gasteiger partial charge is 0.341 e. The highest BCUT2D eigenvalue weighted by atomic mass is 32.2. The first-order valence-electron chi connectivity index (χ1n) is 7.69. The molecule has 1 fully saturated rings. The van der Waals surface area contributed by atoms with E-state index in [2.05, 4.69) is 0 Å². The SMILES string of the molecule is CCC(C(=O)N1CCCC1)N(c1cccc(C)c1)S(C)(=O)=O. The van der Waals surface area contributed by atoms with E-state index in [1.165, 1.54) is 4.31 Å². The van der Waals surface area contributed by atoms with Crippen LogP contribution in [-0.4, -0.2) is 44.6 Å². The van der Waals surface area contributed by atoms with Gasteiger partial charge in [0.25, 0.3) is 0 Å². The van der Waals surface area contributed by atoms with Gasteiger partial charge < -0.3 is 4.90 Å². The Morgan fingerprint density at radius 1 is 1.32 bits per heavy atom. The van der Waals surface area contributed by atoms with Crippen LogP contribution >= 0.6 is 0 Å². The third kappa shape index (κ3) is 3.61. The Balaban J connectivity index is 2.40. The summed E-state index contributed by atoms with van der Waals surface area (Å²) in [6.45, 7) is 5.21. The summed E-state index contributed by atoms with van der Waals surface area (Å²) in [6.07, 6.45) is 3.60. The third-order valence-electron chi connectivity index (χ3n) is 3.99. The smallest absolute Gasteiger partial charge is 0.246 e. The van der Waals surface area contributed by atoms with E-state index in [1.807, 2.05) is 26.0 Å². The number of aryl methyl sites for hydroxylation is 1. The molecule has 0 bridgehead atoms. The van der Waals surface area contributed by atoms with Crippen molar-refractivity contribution in [3.63, 3.8) is 0 Å². The molecule has 5 nitrogen and oxygen atoms in total. The molecule has 1 aromatic rings. The number of sulfonamides is 1. The van der Waals surface area contributed by atoms with Gasteiger partial charge in [0.2, 0.25) is 15.9 Å². The Morgan fingerprint density at radius 3 is 2.45 bits per heavy atom. The number of carbonyl (C=O) groups is 1. The molecule has 22 heavy (non-hydrogen) atoms. The zero-order valence-corrected chi connectivity index (χ0v) is 14.3. The summed E-state index contributed by atoms with van der Waals surface area (Å²) < 4.78 is 25.9. The van der Waals surface area contributed by atoms with Gasteiger partial charge >= 0.3 is 0 Å². The van der Waals surface area contributed by atoms with Crippen LogP contribution < -0.4 is 4.31 Å². The predicted molar refractivity (Wildman–Crippen MR) is 88.4 cm³/mol. The molecule has 1 saturated heterocycles. The number of rotatable bonds is 5. The number of hydrogen-bond acceptors (Lipinski definition) is 3. The van der Waals surface area contributed by atoms with Gasteiger partial charge in [-0.3, -0.25) is 9.10 Å². The van der Waals surface area contributed by atoms with Crippen LogP contribution in [0.15, 0.2) is 24.3 Å². The second-order valence-electron chi connectivity index (χ2n) is 5.85. The highest BCUT2D eigenvalue weighted by Crippen LogP contribution is 2.25. The second-order valence-corrected chi connectivity index (χ2v) is 7.71. The predicted octanol–water partition coefficient (Wildman–Crippen LogP) is 2.16. The molecule has 0 aromatic heterocycles. The van der Waals surface area contributed by atoms with Crippen molar-refractivity contribution in [2.45, 2.75) is 39.2 Å². The minimum atomic E-state index is -3.53. The van der Waals surface area contributed by atoms with E-state index >= 15 is 0 Å². The molecule has 1 aliphatic heterocycles. The number of hydrogen-bond donors (Lipinski definition) is 0. The van der Waals surface area contributed by atoms with Gasteiger partial charge in [-0.2, -0.15) is 0 Å². The summed E-state index contributed by atoms with van der Waals surface area (Å²) in [5.74, 6) is -0.0908. The molecule has 0 saturated carbocycles. The summed E-state index contributed by atoms with van der Waals surface area (Å²) in [4.78, 5) is 14.5. The lowest BCUT2D eigenvalue weighted by molar-refractivity contribution is -0.131. The Bertz CT molecular complexity index is 637. The van der Waals surface area contributed by atoms with Crippen molar-refractivity contribution in [3.05, 3.63) is 29.8 Å². The van der Waals surface area contributed by atoms with E-state index < -0.39 is 16.1 Å². The van der Waals surface area contributed by atoms with Crippen LogP contribution in [0.2, 0.25) is 0 Å². The number of likely N-dealkylation sites (tertiary alicyclic amines) is 1. The van der Waals surface area contributed by atoms with E-state index in [4.69, 9.17) is 0 Å². The van der Waals surface area contributed by atoms with Gasteiger partial charge in [-0.1, -0.05) is 19.1 Å². The average Bonchev–Trinajstić information content (AvgIpc) is 2.96. The molecule has 1 unspecified atom stereocenters. The van der Waals surface area contributed by atoms with Gasteiger partial charge in [-0.15, -0.1) is 0 Å². The van der Waals surface area contributed by atoms with Crippen molar-refractivity contribution in [1.29, 1.82) is 0 Å². The molecule has 2 rings (SSSR count). The highest BCUT2D eigenvalue weighted by Gasteiger charge is 2.34. The van der Waals surface area contributed by atoms with Gasteiger partial charge in [0.1, 0.15) is 6.04 Å². The van der Waals surface area contributed by atoms with Crippen molar-refractivity contribution < 1.29 is 13.2 Å². The maximum atomic E-state index is 12.7. The van der Waals surface area contributed by atoms with Gasteiger partial charge in [0.15, 0.2) is 0 Å². The Labute approximate surface area is 133 Å². The van der Waals surface area contributed by atoms with E-state index in [9.17, 15) is 13.2 Å². The number of benzene rings is 1. The number of nitrogens with zero attached hydrogens (tertiary/aromatic N) is 2.